The molecule has 0 aromatic heterocycles. The number of hydrogen-bond acceptors (Lipinski definition) is 2. The predicted octanol–water partition coefficient (Wildman–Crippen LogP) is -0.917. The van der Waals surface area contributed by atoms with Gasteiger partial charge in [0.15, 0.2) is 0 Å². The smallest absolute Gasteiger partial charge is 0.0272 e. The Morgan fingerprint density at radius 3 is 2.40 bits per heavy atom. The highest BCUT2D eigenvalue weighted by molar-refractivity contribution is 4.88. The van der Waals surface area contributed by atoms with Crippen LogP contribution in [0.1, 0.15) is 0 Å². The van der Waals surface area contributed by atoms with Crippen molar-refractivity contribution >= 4 is 0 Å². The summed E-state index contributed by atoms with van der Waals surface area (Å²) in [5, 5.41) is 2.53. The first-order chi connectivity index (χ1) is 2.41. The highest BCUT2D eigenvalue weighted by Gasteiger charge is 1.41. The van der Waals surface area contributed by atoms with Gasteiger partial charge >= 0.3 is 0 Å². The molecule has 0 aliphatic rings. The molecule has 0 bridgehead atoms. The lowest BCUT2D eigenvalue weighted by atomic mass is 11.0. The Hall–Kier alpha value is -0.840. The zero-order valence-corrected chi connectivity index (χ0v) is 3.08. The molecule has 0 unspecified atom stereocenters. The van der Waals surface area contributed by atoms with Crippen LogP contribution in [0.4, 0.5) is 0 Å². The Kier molecular flexibility index (Phi) is 2.63. The second kappa shape index (κ2) is 3.16. The van der Waals surface area contributed by atoms with Gasteiger partial charge in [-0.15, -0.1) is 0 Å². The van der Waals surface area contributed by atoms with Gasteiger partial charge in [0.05, 0.1) is 0 Å². The molecule has 3 N–H and O–H groups in total. The van der Waals surface area contributed by atoms with Crippen LogP contribution in [-0.2, 0) is 0 Å². The van der Waals surface area contributed by atoms with Crippen molar-refractivity contribution in [1.29, 1.82) is 0 Å². The average Bonchev–Trinajstić information content (AvgIpc) is 1.41. The fourth-order valence-electron chi connectivity index (χ4n) is 0.0722. The first-order valence-corrected chi connectivity index (χ1v) is 1.29. The largest absolute Gasteiger partial charge is 0.358 e. The Balaban J connectivity index is 2.81. The summed E-state index contributed by atoms with van der Waals surface area (Å²) in [6.45, 7) is 0. The molecular weight excluding hydrogens is 64.0 g/mol. The van der Waals surface area contributed by atoms with Crippen molar-refractivity contribution < 1.29 is 0 Å². The highest BCUT2D eigenvalue weighted by Crippen LogP contribution is 1.23. The lowest BCUT2D eigenvalue weighted by Crippen LogP contribution is -1.93. The molecule has 2 nitrogen and oxygen atoms in total. The van der Waals surface area contributed by atoms with E-state index < -0.39 is 0 Å². The molecule has 0 aliphatic heterocycles. The van der Waals surface area contributed by atoms with E-state index in [9.17, 15) is 0 Å². The minimum absolute atomic E-state index is 1.71. The van der Waals surface area contributed by atoms with Crippen LogP contribution in [0.15, 0.2) is 0 Å². The summed E-state index contributed by atoms with van der Waals surface area (Å²) < 4.78 is 0. The van der Waals surface area contributed by atoms with Crippen LogP contribution in [0.25, 0.3) is 0 Å². The van der Waals surface area contributed by atoms with Crippen LogP contribution in [-0.4, -0.2) is 7.05 Å². The van der Waals surface area contributed by atoms with Crippen LogP contribution < -0.4 is 11.1 Å². The van der Waals surface area contributed by atoms with Crippen LogP contribution >= 0.6 is 0 Å². The van der Waals surface area contributed by atoms with Crippen molar-refractivity contribution in [3.05, 3.63) is 0 Å². The topological polar surface area (TPSA) is 38.0 Å². The summed E-state index contributed by atoms with van der Waals surface area (Å²) in [6.07, 6.45) is 0. The molecule has 0 amide bonds. The van der Waals surface area contributed by atoms with Crippen molar-refractivity contribution in [3.8, 4) is 12.1 Å². The van der Waals surface area contributed by atoms with E-state index in [1.165, 1.54) is 0 Å². The monoisotopic (exact) mass is 70.1 g/mol. The molecule has 0 aromatic rings. The van der Waals surface area contributed by atoms with E-state index in [-0.39, 0.29) is 0 Å². The summed E-state index contributed by atoms with van der Waals surface area (Å²) >= 11 is 0. The highest BCUT2D eigenvalue weighted by atomic mass is 14.8. The molecule has 0 atom stereocenters. The van der Waals surface area contributed by atoms with E-state index in [0.717, 1.165) is 0 Å². The summed E-state index contributed by atoms with van der Waals surface area (Å²) in [4.78, 5) is 0. The van der Waals surface area contributed by atoms with Gasteiger partial charge in [-0.2, -0.15) is 0 Å². The lowest BCUT2D eigenvalue weighted by molar-refractivity contribution is 1.16. The van der Waals surface area contributed by atoms with E-state index in [0.29, 0.717) is 0 Å². The second-order valence-electron chi connectivity index (χ2n) is 0.519. The van der Waals surface area contributed by atoms with Gasteiger partial charge in [-0.1, -0.05) is 0 Å². The summed E-state index contributed by atoms with van der Waals surface area (Å²) in [5.41, 5.74) is 4.72. The zero-order chi connectivity index (χ0) is 4.12. The second-order valence-corrected chi connectivity index (χ2v) is 0.519. The molecule has 0 heterocycles. The Morgan fingerprint density at radius 1 is 1.80 bits per heavy atom. The Morgan fingerprint density at radius 2 is 2.40 bits per heavy atom. The van der Waals surface area contributed by atoms with E-state index in [1.807, 2.05) is 0 Å². The third-order valence-electron chi connectivity index (χ3n) is 0.197. The van der Waals surface area contributed by atoms with Gasteiger partial charge in [0.1, 0.15) is 0 Å². The van der Waals surface area contributed by atoms with Gasteiger partial charge in [-0.05, 0) is 0 Å². The van der Waals surface area contributed by atoms with Gasteiger partial charge in [0.25, 0.3) is 0 Å². The molecule has 2 heteroatoms. The van der Waals surface area contributed by atoms with Crippen molar-refractivity contribution in [1.82, 2.24) is 5.32 Å². The molecule has 0 rings (SSSR count). The number of nitrogens with one attached hydrogen (secondary N) is 1. The number of rotatable bonds is 0. The first kappa shape index (κ1) is 4.16. The maximum atomic E-state index is 4.72. The predicted molar refractivity (Wildman–Crippen MR) is 21.0 cm³/mol. The van der Waals surface area contributed by atoms with Crippen molar-refractivity contribution in [2.75, 3.05) is 7.05 Å². The molecule has 28 valence electrons. The van der Waals surface area contributed by atoms with Crippen LogP contribution in [0, 0.1) is 12.1 Å². The molecule has 0 spiro atoms. The molecule has 0 aromatic carbocycles. The lowest BCUT2D eigenvalue weighted by Gasteiger charge is -1.68. The van der Waals surface area contributed by atoms with Crippen LogP contribution in [0.2, 0.25) is 0 Å². The van der Waals surface area contributed by atoms with E-state index in [2.05, 4.69) is 17.4 Å². The maximum Gasteiger partial charge on any atom is 0.0272 e. The summed E-state index contributed by atoms with van der Waals surface area (Å²) in [6, 6.07) is 4.55. The molecule has 0 fully saturated rings. The van der Waals surface area contributed by atoms with E-state index >= 15 is 0 Å². The van der Waals surface area contributed by atoms with Gasteiger partial charge in [-0.25, -0.2) is 0 Å². The van der Waals surface area contributed by atoms with Crippen LogP contribution in [0.3, 0.4) is 0 Å². The van der Waals surface area contributed by atoms with Gasteiger partial charge in [0.2, 0.25) is 0 Å². The third-order valence-corrected chi connectivity index (χ3v) is 0.197. The summed E-state index contributed by atoms with van der Waals surface area (Å²) in [5.74, 6) is 0. The number of nitrogens with two attached hydrogens (primary N) is 1. The quantitative estimate of drug-likeness (QED) is 0.286. The third kappa shape index (κ3) is 3.16. The SMILES string of the molecule is CNC#CN. The first-order valence-electron chi connectivity index (χ1n) is 1.29. The molecule has 0 saturated carbocycles. The number of hydrogen-bond donors (Lipinski definition) is 2. The van der Waals surface area contributed by atoms with Crippen molar-refractivity contribution in [2.24, 2.45) is 5.73 Å². The normalized spacial score (nSPS) is 4.20. The molecule has 5 heavy (non-hydrogen) atoms. The molecular formula is C3H6N2. The molecule has 0 aliphatic carbocycles. The Bertz CT molecular complexity index is 57.0. The van der Waals surface area contributed by atoms with Crippen molar-refractivity contribution in [3.63, 3.8) is 0 Å². The fraction of sp³-hybridized carbons (Fsp3) is 0.333. The molecule has 0 radical (unpaired) electrons. The van der Waals surface area contributed by atoms with E-state index in [4.69, 9.17) is 5.73 Å². The fourth-order valence-corrected chi connectivity index (χ4v) is 0.0722. The minimum Gasteiger partial charge on any atom is -0.358 e. The van der Waals surface area contributed by atoms with Crippen molar-refractivity contribution in [2.45, 2.75) is 0 Å². The molecule has 0 saturated heterocycles. The summed E-state index contributed by atoms with van der Waals surface area (Å²) in [7, 11) is 1.71. The van der Waals surface area contributed by atoms with E-state index in [1.54, 1.807) is 7.05 Å². The average molecular weight is 70.1 g/mol. The van der Waals surface area contributed by atoms with Gasteiger partial charge in [-0.3, -0.25) is 0 Å². The van der Waals surface area contributed by atoms with Gasteiger partial charge in [0, 0.05) is 19.1 Å². The van der Waals surface area contributed by atoms with Gasteiger partial charge < -0.3 is 11.1 Å². The maximum absolute atomic E-state index is 4.72. The zero-order valence-electron chi connectivity index (χ0n) is 3.08. The standard InChI is InChI=1S/C3H6N2/c1-5-3-2-4/h5H,4H2,1H3. The van der Waals surface area contributed by atoms with Crippen LogP contribution in [0.5, 0.6) is 0 Å². The Labute approximate surface area is 31.4 Å². The minimum atomic E-state index is 1.71.